The van der Waals surface area contributed by atoms with E-state index in [9.17, 15) is 8.42 Å². The van der Waals surface area contributed by atoms with E-state index < -0.39 is 10.2 Å². The number of hydrogen-bond acceptors (Lipinski definition) is 3. The summed E-state index contributed by atoms with van der Waals surface area (Å²) >= 11 is 0. The molecule has 1 unspecified atom stereocenters. The van der Waals surface area contributed by atoms with Crippen molar-refractivity contribution in [1.29, 1.82) is 0 Å². The van der Waals surface area contributed by atoms with Crippen LogP contribution in [-0.2, 0) is 10.2 Å². The zero-order valence-corrected chi connectivity index (χ0v) is 10.5. The van der Waals surface area contributed by atoms with E-state index in [4.69, 9.17) is 5.73 Å². The van der Waals surface area contributed by atoms with Gasteiger partial charge >= 0.3 is 0 Å². The van der Waals surface area contributed by atoms with Crippen LogP contribution in [0.3, 0.4) is 0 Å². The molecule has 0 saturated carbocycles. The summed E-state index contributed by atoms with van der Waals surface area (Å²) in [5.41, 5.74) is 5.80. The standard InChI is InChI=1S/C9H21N3O2S/c1-8(10)9-4-6-12(7-5-9)15(13,14)11(2)3/h8-9H,4-7,10H2,1-3H3. The quantitative estimate of drug-likeness (QED) is 0.740. The van der Waals surface area contributed by atoms with Crippen molar-refractivity contribution in [3.05, 3.63) is 0 Å². The lowest BCUT2D eigenvalue weighted by Crippen LogP contribution is -2.46. The summed E-state index contributed by atoms with van der Waals surface area (Å²) in [6, 6.07) is 0.161. The van der Waals surface area contributed by atoms with Gasteiger partial charge in [0.05, 0.1) is 0 Å². The first-order valence-corrected chi connectivity index (χ1v) is 6.68. The van der Waals surface area contributed by atoms with Crippen molar-refractivity contribution < 1.29 is 8.42 Å². The van der Waals surface area contributed by atoms with Crippen LogP contribution in [0.4, 0.5) is 0 Å². The Labute approximate surface area is 92.4 Å². The van der Waals surface area contributed by atoms with Gasteiger partial charge in [-0.25, -0.2) is 0 Å². The van der Waals surface area contributed by atoms with Crippen LogP contribution in [0.5, 0.6) is 0 Å². The molecule has 1 atom stereocenters. The minimum atomic E-state index is -3.22. The molecule has 90 valence electrons. The average molecular weight is 235 g/mol. The SMILES string of the molecule is CC(N)C1CCN(S(=O)(=O)N(C)C)CC1. The van der Waals surface area contributed by atoms with E-state index in [1.54, 1.807) is 14.1 Å². The van der Waals surface area contributed by atoms with Crippen LogP contribution in [0.1, 0.15) is 19.8 Å². The van der Waals surface area contributed by atoms with Crippen LogP contribution in [0.15, 0.2) is 0 Å². The Bertz CT molecular complexity index is 292. The maximum atomic E-state index is 11.8. The second-order valence-electron chi connectivity index (χ2n) is 4.39. The molecule has 5 nitrogen and oxygen atoms in total. The van der Waals surface area contributed by atoms with Gasteiger partial charge in [0.1, 0.15) is 0 Å². The maximum absolute atomic E-state index is 11.8. The first-order chi connectivity index (χ1) is 6.85. The summed E-state index contributed by atoms with van der Waals surface area (Å²) in [6.07, 6.45) is 1.73. The largest absolute Gasteiger partial charge is 0.328 e. The third-order valence-electron chi connectivity index (χ3n) is 3.03. The highest BCUT2D eigenvalue weighted by atomic mass is 32.2. The minimum Gasteiger partial charge on any atom is -0.328 e. The molecule has 0 aromatic heterocycles. The van der Waals surface area contributed by atoms with Crippen molar-refractivity contribution in [3.8, 4) is 0 Å². The molecule has 1 rings (SSSR count). The fourth-order valence-electron chi connectivity index (χ4n) is 1.86. The molecule has 0 aliphatic carbocycles. The second-order valence-corrected chi connectivity index (χ2v) is 6.53. The molecule has 0 radical (unpaired) electrons. The lowest BCUT2D eigenvalue weighted by atomic mass is 9.92. The zero-order valence-electron chi connectivity index (χ0n) is 9.68. The Morgan fingerprint density at radius 2 is 1.80 bits per heavy atom. The molecule has 1 aliphatic heterocycles. The highest BCUT2D eigenvalue weighted by molar-refractivity contribution is 7.86. The monoisotopic (exact) mass is 235 g/mol. The topological polar surface area (TPSA) is 66.6 Å². The zero-order chi connectivity index (χ0) is 11.6. The fourth-order valence-corrected chi connectivity index (χ4v) is 3.00. The van der Waals surface area contributed by atoms with Crippen LogP contribution < -0.4 is 5.73 Å². The predicted molar refractivity (Wildman–Crippen MR) is 60.6 cm³/mol. The van der Waals surface area contributed by atoms with Crippen LogP contribution in [-0.4, -0.2) is 50.3 Å². The molecule has 0 aromatic carbocycles. The van der Waals surface area contributed by atoms with E-state index in [2.05, 4.69) is 0 Å². The molecular formula is C9H21N3O2S. The van der Waals surface area contributed by atoms with Gasteiger partial charge < -0.3 is 5.73 Å². The van der Waals surface area contributed by atoms with Crippen molar-refractivity contribution in [3.63, 3.8) is 0 Å². The van der Waals surface area contributed by atoms with Crippen LogP contribution in [0.2, 0.25) is 0 Å². The maximum Gasteiger partial charge on any atom is 0.281 e. The lowest BCUT2D eigenvalue weighted by molar-refractivity contribution is 0.242. The smallest absolute Gasteiger partial charge is 0.281 e. The summed E-state index contributed by atoms with van der Waals surface area (Å²) in [5, 5.41) is 0. The van der Waals surface area contributed by atoms with Crippen LogP contribution in [0, 0.1) is 5.92 Å². The average Bonchev–Trinajstić information content (AvgIpc) is 2.17. The third-order valence-corrected chi connectivity index (χ3v) is 4.97. The van der Waals surface area contributed by atoms with Crippen molar-refractivity contribution in [2.24, 2.45) is 11.7 Å². The Morgan fingerprint density at radius 3 is 2.13 bits per heavy atom. The molecular weight excluding hydrogens is 214 g/mol. The number of rotatable bonds is 3. The van der Waals surface area contributed by atoms with E-state index >= 15 is 0 Å². The first kappa shape index (κ1) is 12.9. The summed E-state index contributed by atoms with van der Waals surface area (Å²) in [4.78, 5) is 0. The van der Waals surface area contributed by atoms with E-state index in [0.29, 0.717) is 19.0 Å². The summed E-state index contributed by atoms with van der Waals surface area (Å²) in [5.74, 6) is 0.457. The summed E-state index contributed by atoms with van der Waals surface area (Å²) in [7, 11) is -0.0983. The Balaban J connectivity index is 2.58. The van der Waals surface area contributed by atoms with Gasteiger partial charge in [0.2, 0.25) is 0 Å². The number of hydrogen-bond donors (Lipinski definition) is 1. The highest BCUT2D eigenvalue weighted by Crippen LogP contribution is 2.22. The van der Waals surface area contributed by atoms with Crippen LogP contribution >= 0.6 is 0 Å². The van der Waals surface area contributed by atoms with E-state index in [0.717, 1.165) is 12.8 Å². The summed E-state index contributed by atoms with van der Waals surface area (Å²) in [6.45, 7) is 3.17. The number of piperidine rings is 1. The van der Waals surface area contributed by atoms with Crippen LogP contribution in [0.25, 0.3) is 0 Å². The van der Waals surface area contributed by atoms with Crippen molar-refractivity contribution in [2.45, 2.75) is 25.8 Å². The van der Waals surface area contributed by atoms with E-state index in [1.807, 2.05) is 6.92 Å². The molecule has 1 saturated heterocycles. The highest BCUT2D eigenvalue weighted by Gasteiger charge is 2.30. The molecule has 0 amide bonds. The molecule has 6 heteroatoms. The van der Waals surface area contributed by atoms with Gasteiger partial charge in [-0.1, -0.05) is 0 Å². The van der Waals surface area contributed by atoms with E-state index in [-0.39, 0.29) is 6.04 Å². The van der Waals surface area contributed by atoms with E-state index in [1.165, 1.54) is 8.61 Å². The predicted octanol–water partition coefficient (Wildman–Crippen LogP) is -0.148. The number of nitrogens with zero attached hydrogens (tertiary/aromatic N) is 2. The molecule has 0 bridgehead atoms. The van der Waals surface area contributed by atoms with Gasteiger partial charge in [0.25, 0.3) is 10.2 Å². The number of nitrogens with two attached hydrogens (primary N) is 1. The van der Waals surface area contributed by atoms with Crippen molar-refractivity contribution in [1.82, 2.24) is 8.61 Å². The summed E-state index contributed by atoms with van der Waals surface area (Å²) < 4.78 is 26.4. The molecule has 15 heavy (non-hydrogen) atoms. The Hall–Kier alpha value is -0.170. The second kappa shape index (κ2) is 4.78. The molecule has 1 fully saturated rings. The van der Waals surface area contributed by atoms with Crippen molar-refractivity contribution in [2.75, 3.05) is 27.2 Å². The van der Waals surface area contributed by atoms with Gasteiger partial charge in [-0.3, -0.25) is 0 Å². The van der Waals surface area contributed by atoms with Crippen molar-refractivity contribution >= 4 is 10.2 Å². The fraction of sp³-hybridized carbons (Fsp3) is 1.00. The molecule has 2 N–H and O–H groups in total. The molecule has 1 aliphatic rings. The molecule has 1 heterocycles. The molecule has 0 aromatic rings. The minimum absolute atomic E-state index is 0.161. The van der Waals surface area contributed by atoms with Gasteiger partial charge in [0.15, 0.2) is 0 Å². The van der Waals surface area contributed by atoms with Gasteiger partial charge in [-0.05, 0) is 25.7 Å². The van der Waals surface area contributed by atoms with Gasteiger partial charge in [0, 0.05) is 33.2 Å². The normalized spacial score (nSPS) is 23.3. The third kappa shape index (κ3) is 2.90. The molecule has 0 spiro atoms. The lowest BCUT2D eigenvalue weighted by Gasteiger charge is -2.34. The van der Waals surface area contributed by atoms with Gasteiger partial charge in [-0.2, -0.15) is 17.0 Å². The Morgan fingerprint density at radius 1 is 1.33 bits per heavy atom. The first-order valence-electron chi connectivity index (χ1n) is 5.29. The van der Waals surface area contributed by atoms with Gasteiger partial charge in [-0.15, -0.1) is 0 Å². The Kier molecular flexibility index (Phi) is 4.11.